The smallest absolute Gasteiger partial charge is 0.741 e. The molecule has 1 unspecified atom stereocenters. The summed E-state index contributed by atoms with van der Waals surface area (Å²) in [5.41, 5.74) is -5.65. The van der Waals surface area contributed by atoms with Gasteiger partial charge in [0.1, 0.15) is 0 Å². The minimum atomic E-state index is -6.09. The second-order valence-corrected chi connectivity index (χ2v) is 2.27. The van der Waals surface area contributed by atoms with Crippen molar-refractivity contribution in [3.05, 3.63) is 7.43 Å². The van der Waals surface area contributed by atoms with Crippen molar-refractivity contribution < 1.29 is 42.6 Å². The predicted molar refractivity (Wildman–Crippen MR) is 33.3 cm³/mol. The zero-order chi connectivity index (χ0) is 7.00. The molecule has 0 saturated carbocycles. The number of alkyl halides is 3. The molecule has 9 heteroatoms. The number of hydrogen-bond donors (Lipinski definition) is 0. The minimum Gasteiger partial charge on any atom is -0.741 e. The van der Waals surface area contributed by atoms with Crippen molar-refractivity contribution in [1.29, 1.82) is 0 Å². The number of hydrogen-bond acceptors (Lipinski definition) is 3. The molecule has 0 saturated heterocycles. The van der Waals surface area contributed by atoms with Gasteiger partial charge in [-0.15, -0.1) is 0 Å². The van der Waals surface area contributed by atoms with Crippen LogP contribution in [0.25, 0.3) is 0 Å². The predicted octanol–water partition coefficient (Wildman–Crippen LogP) is 0.557. The molecular weight excluding hydrogens is 251 g/mol. The molecule has 0 N–H and O–H groups in total. The molecule has 0 fully saturated rings. The Hall–Kier alpha value is 0.624. The van der Waals surface area contributed by atoms with Crippen molar-refractivity contribution in [3.8, 4) is 0 Å². The van der Waals surface area contributed by atoms with Crippen molar-refractivity contribution in [2.45, 2.75) is 5.51 Å². The van der Waals surface area contributed by atoms with Crippen LogP contribution in [0.5, 0.6) is 0 Å². The van der Waals surface area contributed by atoms with E-state index in [4.69, 9.17) is 13.0 Å². The maximum absolute atomic E-state index is 10.7. The van der Waals surface area contributed by atoms with Crippen LogP contribution in [0.3, 0.4) is 0 Å². The van der Waals surface area contributed by atoms with Crippen molar-refractivity contribution >= 4 is 20.0 Å². The Balaban J connectivity index is -0.0000000817. The number of halogens is 3. The topological polar surface area (TPSA) is 57.2 Å². The van der Waals surface area contributed by atoms with Gasteiger partial charge in [-0.3, -0.25) is 0 Å². The van der Waals surface area contributed by atoms with E-state index >= 15 is 0 Å². The Labute approximate surface area is 76.0 Å². The van der Waals surface area contributed by atoms with Gasteiger partial charge in [0.2, 0.25) is 0 Å². The molecule has 0 aliphatic rings. The van der Waals surface area contributed by atoms with Crippen LogP contribution in [-0.2, 0) is 26.6 Å². The molecule has 1 atom stereocenters. The zero-order valence-corrected chi connectivity index (χ0v) is 8.51. The maximum atomic E-state index is 10.7. The van der Waals surface area contributed by atoms with Crippen molar-refractivity contribution in [3.63, 3.8) is 0 Å². The van der Waals surface area contributed by atoms with Crippen LogP contribution in [0.4, 0.5) is 13.2 Å². The quantitative estimate of drug-likeness (QED) is 0.209. The van der Waals surface area contributed by atoms with Gasteiger partial charge in [-0.1, -0.05) is 0 Å². The second-order valence-electron chi connectivity index (χ2n) is 0.900. The molecule has 74 valence electrons. The first-order valence-electron chi connectivity index (χ1n) is 1.27. The molecule has 3 nitrogen and oxygen atoms in total. The van der Waals surface area contributed by atoms with Crippen LogP contribution >= 0.6 is 9.90 Å². The van der Waals surface area contributed by atoms with Gasteiger partial charge >= 0.3 is 22.0 Å². The van der Waals surface area contributed by atoms with Crippen molar-refractivity contribution in [1.82, 2.24) is 0 Å². The fraction of sp³-hybridized carbons (Fsp3) is 0.500. The van der Waals surface area contributed by atoms with E-state index in [2.05, 4.69) is 0 Å². The molecule has 0 bridgehead atoms. The summed E-state index contributed by atoms with van der Waals surface area (Å²) in [6.07, 6.45) is 0. The van der Waals surface area contributed by atoms with Crippen molar-refractivity contribution in [2.75, 3.05) is 0 Å². The van der Waals surface area contributed by atoms with E-state index in [1.54, 1.807) is 0 Å². The van der Waals surface area contributed by atoms with Crippen molar-refractivity contribution in [2.24, 2.45) is 0 Å². The van der Waals surface area contributed by atoms with Crippen LogP contribution in [0.1, 0.15) is 0 Å². The number of rotatable bonds is 0. The molecule has 0 aromatic heterocycles. The minimum absolute atomic E-state index is 0. The third-order valence-electron chi connectivity index (χ3n) is 0.283. The average Bonchev–Trinajstić information content (AvgIpc) is 1.25. The third kappa shape index (κ3) is 8.53. The first-order valence-corrected chi connectivity index (χ1v) is 2.68. The molecular formula is C2H6F3NiO3PS. The van der Waals surface area contributed by atoms with Gasteiger partial charge in [-0.25, -0.2) is 8.42 Å². The SMILES string of the molecule is O=S(=O)([O-])C(F)(F)F.P.[CH3-].[Ni+2]. The molecule has 0 aliphatic heterocycles. The Morgan fingerprint density at radius 1 is 1.18 bits per heavy atom. The van der Waals surface area contributed by atoms with Crippen LogP contribution in [0, 0.1) is 7.43 Å². The summed E-state index contributed by atoms with van der Waals surface area (Å²) in [6, 6.07) is 0. The Bertz CT molecular complexity index is 176. The van der Waals surface area contributed by atoms with Crippen LogP contribution in [0.15, 0.2) is 0 Å². The molecule has 0 amide bonds. The second kappa shape index (κ2) is 6.17. The monoisotopic (exact) mass is 256 g/mol. The van der Waals surface area contributed by atoms with E-state index < -0.39 is 15.6 Å². The molecule has 0 aromatic carbocycles. The largest absolute Gasteiger partial charge is 2.00 e. The van der Waals surface area contributed by atoms with E-state index in [0.29, 0.717) is 0 Å². The molecule has 11 heavy (non-hydrogen) atoms. The van der Waals surface area contributed by atoms with Gasteiger partial charge in [0.05, 0.1) is 0 Å². The summed E-state index contributed by atoms with van der Waals surface area (Å²) in [4.78, 5) is 0. The third-order valence-corrected chi connectivity index (χ3v) is 0.850. The van der Waals surface area contributed by atoms with Gasteiger partial charge in [0, 0.05) is 0 Å². The summed E-state index contributed by atoms with van der Waals surface area (Å²) >= 11 is 0. The molecule has 0 radical (unpaired) electrons. The first kappa shape index (κ1) is 22.6. The summed E-state index contributed by atoms with van der Waals surface area (Å²) in [7, 11) is -6.09. The fourth-order valence-corrected chi connectivity index (χ4v) is 0. The van der Waals surface area contributed by atoms with Crippen LogP contribution in [-0.4, -0.2) is 18.5 Å². The average molecular weight is 257 g/mol. The van der Waals surface area contributed by atoms with Gasteiger partial charge in [0.15, 0.2) is 10.1 Å². The van der Waals surface area contributed by atoms with Crippen LogP contribution in [0.2, 0.25) is 0 Å². The standard InChI is InChI=1S/CHF3O3S.CH3.Ni.H3P/c2-1(3,4)8(5,6)7;;;/h(H,5,6,7);1H3;;1H3/q;-1;+2;/p-1. The molecule has 0 aromatic rings. The maximum Gasteiger partial charge on any atom is 2.00 e. The Kier molecular flexibility index (Phi) is 12.7. The normalized spacial score (nSPS) is 10.2. The van der Waals surface area contributed by atoms with Crippen LogP contribution < -0.4 is 0 Å². The van der Waals surface area contributed by atoms with Gasteiger partial charge in [-0.05, 0) is 0 Å². The molecule has 0 heterocycles. The van der Waals surface area contributed by atoms with Gasteiger partial charge in [0.25, 0.3) is 0 Å². The summed E-state index contributed by atoms with van der Waals surface area (Å²) in [6.45, 7) is 0. The fourth-order valence-electron chi connectivity index (χ4n) is 0. The molecule has 0 spiro atoms. The van der Waals surface area contributed by atoms with Gasteiger partial charge < -0.3 is 12.0 Å². The summed E-state index contributed by atoms with van der Waals surface area (Å²) in [5, 5.41) is 0. The van der Waals surface area contributed by atoms with E-state index in [9.17, 15) is 13.2 Å². The Morgan fingerprint density at radius 3 is 1.27 bits per heavy atom. The van der Waals surface area contributed by atoms with E-state index in [-0.39, 0.29) is 33.8 Å². The van der Waals surface area contributed by atoms with Gasteiger partial charge in [-0.2, -0.15) is 23.1 Å². The first-order chi connectivity index (χ1) is 3.25. The van der Waals surface area contributed by atoms with E-state index in [1.807, 2.05) is 0 Å². The van der Waals surface area contributed by atoms with E-state index in [0.717, 1.165) is 0 Å². The molecule has 0 aliphatic carbocycles. The Morgan fingerprint density at radius 2 is 1.27 bits per heavy atom. The molecule has 0 rings (SSSR count). The van der Waals surface area contributed by atoms with E-state index in [1.165, 1.54) is 0 Å². The summed E-state index contributed by atoms with van der Waals surface area (Å²) in [5.74, 6) is 0. The zero-order valence-electron chi connectivity index (χ0n) is 5.29. The summed E-state index contributed by atoms with van der Waals surface area (Å²) < 4.78 is 58.9.